The molecule has 1 aliphatic rings. The summed E-state index contributed by atoms with van der Waals surface area (Å²) in [7, 11) is 0. The van der Waals surface area contributed by atoms with Gasteiger partial charge in [-0.2, -0.15) is 0 Å². The van der Waals surface area contributed by atoms with Crippen LogP contribution in [0.1, 0.15) is 17.2 Å². The lowest BCUT2D eigenvalue weighted by Gasteiger charge is -2.21. The standard InChI is InChI=1S/C17H12ClIO3/c18-12-5-1-11(2-6-12)16(21)17-14(9-15(20)22-17)10-3-7-13(19)8-4-10/h1-9,16-17,21H/t16-,17+/m1/s1. The fourth-order valence-electron chi connectivity index (χ4n) is 2.39. The summed E-state index contributed by atoms with van der Waals surface area (Å²) in [4.78, 5) is 11.7. The van der Waals surface area contributed by atoms with Crippen molar-refractivity contribution in [1.29, 1.82) is 0 Å². The summed E-state index contributed by atoms with van der Waals surface area (Å²) < 4.78 is 6.39. The van der Waals surface area contributed by atoms with Crippen LogP contribution in [0.15, 0.2) is 54.6 Å². The maximum absolute atomic E-state index is 11.7. The van der Waals surface area contributed by atoms with E-state index in [9.17, 15) is 9.90 Å². The van der Waals surface area contributed by atoms with Gasteiger partial charge in [0.1, 0.15) is 6.10 Å². The number of ether oxygens (including phenoxy) is 1. The molecule has 0 spiro atoms. The van der Waals surface area contributed by atoms with E-state index in [2.05, 4.69) is 22.6 Å². The zero-order chi connectivity index (χ0) is 15.7. The lowest BCUT2D eigenvalue weighted by molar-refractivity contribution is -0.142. The Morgan fingerprint density at radius 1 is 1.09 bits per heavy atom. The molecule has 1 N–H and O–H groups in total. The molecule has 1 aliphatic heterocycles. The Bertz CT molecular complexity index is 723. The molecule has 3 nitrogen and oxygen atoms in total. The predicted molar refractivity (Wildman–Crippen MR) is 93.4 cm³/mol. The SMILES string of the molecule is O=C1C=C(c2ccc(I)cc2)[C@@H]([C@H](O)c2ccc(Cl)cc2)O1. The molecule has 1 heterocycles. The van der Waals surface area contributed by atoms with E-state index in [1.54, 1.807) is 24.3 Å². The lowest BCUT2D eigenvalue weighted by Crippen LogP contribution is -2.21. The molecule has 2 aromatic carbocycles. The van der Waals surface area contributed by atoms with Crippen molar-refractivity contribution in [2.24, 2.45) is 0 Å². The number of benzene rings is 2. The highest BCUT2D eigenvalue weighted by atomic mass is 127. The Labute approximate surface area is 146 Å². The summed E-state index contributed by atoms with van der Waals surface area (Å²) in [6, 6.07) is 14.6. The lowest BCUT2D eigenvalue weighted by atomic mass is 9.94. The van der Waals surface area contributed by atoms with Crippen LogP contribution in [0.3, 0.4) is 0 Å². The van der Waals surface area contributed by atoms with Gasteiger partial charge in [0.2, 0.25) is 0 Å². The summed E-state index contributed by atoms with van der Waals surface area (Å²) in [6.45, 7) is 0. The van der Waals surface area contributed by atoms with E-state index < -0.39 is 18.2 Å². The highest BCUT2D eigenvalue weighted by Crippen LogP contribution is 2.35. The van der Waals surface area contributed by atoms with Crippen molar-refractivity contribution in [2.75, 3.05) is 0 Å². The molecule has 0 radical (unpaired) electrons. The monoisotopic (exact) mass is 426 g/mol. The molecule has 0 bridgehead atoms. The molecule has 0 aliphatic carbocycles. The summed E-state index contributed by atoms with van der Waals surface area (Å²) >= 11 is 8.07. The number of hydrogen-bond donors (Lipinski definition) is 1. The Hall–Kier alpha value is -1.37. The fraction of sp³-hybridized carbons (Fsp3) is 0.118. The fourth-order valence-corrected chi connectivity index (χ4v) is 2.88. The van der Waals surface area contributed by atoms with Crippen LogP contribution in [0.25, 0.3) is 5.57 Å². The average Bonchev–Trinajstić information content (AvgIpc) is 2.90. The number of hydrogen-bond acceptors (Lipinski definition) is 3. The third kappa shape index (κ3) is 3.19. The zero-order valence-corrected chi connectivity index (χ0v) is 14.3. The number of esters is 1. The van der Waals surface area contributed by atoms with Gasteiger partial charge in [0.15, 0.2) is 6.10 Å². The number of aliphatic hydroxyl groups excluding tert-OH is 1. The number of halogens is 2. The number of rotatable bonds is 3. The smallest absolute Gasteiger partial charge is 0.331 e. The molecular formula is C17H12ClIO3. The molecule has 5 heteroatoms. The van der Waals surface area contributed by atoms with Crippen molar-refractivity contribution in [1.82, 2.24) is 0 Å². The Morgan fingerprint density at radius 2 is 1.73 bits per heavy atom. The second kappa shape index (κ2) is 6.40. The van der Waals surface area contributed by atoms with Crippen LogP contribution in [0.2, 0.25) is 5.02 Å². The maximum atomic E-state index is 11.7. The van der Waals surface area contributed by atoms with E-state index in [0.29, 0.717) is 16.2 Å². The van der Waals surface area contributed by atoms with Crippen LogP contribution in [-0.2, 0) is 9.53 Å². The third-order valence-electron chi connectivity index (χ3n) is 3.50. The molecule has 0 amide bonds. The van der Waals surface area contributed by atoms with Gasteiger partial charge in [0.25, 0.3) is 0 Å². The number of cyclic esters (lactones) is 1. The minimum absolute atomic E-state index is 0.438. The first-order valence-corrected chi connectivity index (χ1v) is 8.12. The van der Waals surface area contributed by atoms with Crippen LogP contribution in [0.4, 0.5) is 0 Å². The van der Waals surface area contributed by atoms with Gasteiger partial charge in [0.05, 0.1) is 0 Å². The van der Waals surface area contributed by atoms with Crippen molar-refractivity contribution in [2.45, 2.75) is 12.2 Å². The van der Waals surface area contributed by atoms with Crippen molar-refractivity contribution in [3.63, 3.8) is 0 Å². The summed E-state index contributed by atoms with van der Waals surface area (Å²) in [5.74, 6) is -0.438. The maximum Gasteiger partial charge on any atom is 0.331 e. The van der Waals surface area contributed by atoms with Crippen LogP contribution < -0.4 is 0 Å². The number of carbonyl (C=O) groups excluding carboxylic acids is 1. The molecule has 0 aromatic heterocycles. The van der Waals surface area contributed by atoms with Crippen molar-refractivity contribution in [3.8, 4) is 0 Å². The minimum atomic E-state index is -0.936. The molecule has 0 saturated carbocycles. The van der Waals surface area contributed by atoms with Crippen LogP contribution in [0, 0.1) is 3.57 Å². The molecule has 0 fully saturated rings. The van der Waals surface area contributed by atoms with Gasteiger partial charge in [-0.3, -0.25) is 0 Å². The van der Waals surface area contributed by atoms with Crippen molar-refractivity contribution >= 4 is 45.7 Å². The molecule has 0 saturated heterocycles. The highest BCUT2D eigenvalue weighted by molar-refractivity contribution is 14.1. The van der Waals surface area contributed by atoms with Crippen LogP contribution in [0.5, 0.6) is 0 Å². The van der Waals surface area contributed by atoms with E-state index >= 15 is 0 Å². The Morgan fingerprint density at radius 3 is 2.36 bits per heavy atom. The van der Waals surface area contributed by atoms with Gasteiger partial charge in [-0.1, -0.05) is 35.9 Å². The van der Waals surface area contributed by atoms with E-state index in [1.807, 2.05) is 24.3 Å². The number of aliphatic hydroxyl groups is 1. The Kier molecular flexibility index (Phi) is 4.52. The average molecular weight is 427 g/mol. The number of carbonyl (C=O) groups is 1. The van der Waals surface area contributed by atoms with E-state index in [1.165, 1.54) is 6.08 Å². The summed E-state index contributed by atoms with van der Waals surface area (Å²) in [6.07, 6.45) is -0.214. The van der Waals surface area contributed by atoms with Gasteiger partial charge in [0, 0.05) is 20.2 Å². The van der Waals surface area contributed by atoms with Gasteiger partial charge >= 0.3 is 5.97 Å². The largest absolute Gasteiger partial charge is 0.451 e. The molecule has 0 unspecified atom stereocenters. The molecular weight excluding hydrogens is 415 g/mol. The van der Waals surface area contributed by atoms with Gasteiger partial charge < -0.3 is 9.84 Å². The molecule has 22 heavy (non-hydrogen) atoms. The normalized spacial score (nSPS) is 18.8. The van der Waals surface area contributed by atoms with Crippen LogP contribution in [-0.4, -0.2) is 17.2 Å². The zero-order valence-electron chi connectivity index (χ0n) is 11.4. The summed E-state index contributed by atoms with van der Waals surface area (Å²) in [5.41, 5.74) is 2.20. The van der Waals surface area contributed by atoms with Gasteiger partial charge in [-0.15, -0.1) is 0 Å². The first-order valence-electron chi connectivity index (χ1n) is 6.66. The van der Waals surface area contributed by atoms with Crippen molar-refractivity contribution < 1.29 is 14.6 Å². The second-order valence-electron chi connectivity index (χ2n) is 4.96. The molecule has 3 rings (SSSR count). The topological polar surface area (TPSA) is 46.5 Å². The van der Waals surface area contributed by atoms with Crippen LogP contribution >= 0.6 is 34.2 Å². The second-order valence-corrected chi connectivity index (χ2v) is 6.64. The minimum Gasteiger partial charge on any atom is -0.451 e. The summed E-state index contributed by atoms with van der Waals surface area (Å²) in [5, 5.41) is 11.1. The predicted octanol–water partition coefficient (Wildman–Crippen LogP) is 3.99. The molecule has 2 aromatic rings. The van der Waals surface area contributed by atoms with Gasteiger partial charge in [-0.05, 0) is 58.0 Å². The molecule has 2 atom stereocenters. The third-order valence-corrected chi connectivity index (χ3v) is 4.47. The van der Waals surface area contributed by atoms with Gasteiger partial charge in [-0.25, -0.2) is 4.79 Å². The quantitative estimate of drug-likeness (QED) is 0.596. The highest BCUT2D eigenvalue weighted by Gasteiger charge is 2.34. The molecule has 112 valence electrons. The Balaban J connectivity index is 1.92. The van der Waals surface area contributed by atoms with E-state index in [-0.39, 0.29) is 0 Å². The van der Waals surface area contributed by atoms with E-state index in [0.717, 1.165) is 9.13 Å². The first kappa shape index (κ1) is 15.5. The first-order chi connectivity index (χ1) is 10.5. The van der Waals surface area contributed by atoms with E-state index in [4.69, 9.17) is 16.3 Å². The van der Waals surface area contributed by atoms with Crippen molar-refractivity contribution in [3.05, 3.63) is 74.3 Å².